The first-order valence-corrected chi connectivity index (χ1v) is 9.01. The summed E-state index contributed by atoms with van der Waals surface area (Å²) in [6, 6.07) is 0. The van der Waals surface area contributed by atoms with Crippen LogP contribution in [0.2, 0.25) is 0 Å². The molecular formula is C19H36. The Kier molecular flexibility index (Phi) is 5.01. The predicted octanol–water partition coefficient (Wildman–Crippen LogP) is 6.59. The Bertz CT molecular complexity index is 234. The van der Waals surface area contributed by atoms with Crippen LogP contribution < -0.4 is 0 Å². The monoisotopic (exact) mass is 264 g/mol. The minimum Gasteiger partial charge on any atom is -0.0622 e. The predicted molar refractivity (Wildman–Crippen MR) is 85.3 cm³/mol. The normalized spacial score (nSPS) is 26.8. The number of hydrogen-bond donors (Lipinski definition) is 0. The van der Waals surface area contributed by atoms with E-state index in [0.717, 1.165) is 11.8 Å². The highest BCUT2D eigenvalue weighted by Gasteiger charge is 2.45. The smallest absolute Gasteiger partial charge is 0.0269 e. The summed E-state index contributed by atoms with van der Waals surface area (Å²) >= 11 is 0. The molecule has 19 heavy (non-hydrogen) atoms. The van der Waals surface area contributed by atoms with Crippen LogP contribution in [0.15, 0.2) is 0 Å². The van der Waals surface area contributed by atoms with Crippen LogP contribution in [0.3, 0.4) is 0 Å². The molecule has 2 rings (SSSR count). The van der Waals surface area contributed by atoms with Crippen LogP contribution in [0.25, 0.3) is 0 Å². The van der Waals surface area contributed by atoms with Gasteiger partial charge in [0.1, 0.15) is 0 Å². The molecule has 2 aliphatic rings. The van der Waals surface area contributed by atoms with Gasteiger partial charge in [-0.15, -0.1) is 0 Å². The summed E-state index contributed by atoms with van der Waals surface area (Å²) < 4.78 is 0. The fraction of sp³-hybridized carbons (Fsp3) is 1.00. The molecule has 0 saturated heterocycles. The zero-order valence-corrected chi connectivity index (χ0v) is 13.9. The second-order valence-corrected chi connectivity index (χ2v) is 8.33. The van der Waals surface area contributed by atoms with Crippen molar-refractivity contribution in [1.82, 2.24) is 0 Å². The highest BCUT2D eigenvalue weighted by Crippen LogP contribution is 2.56. The Labute approximate surface area is 121 Å². The van der Waals surface area contributed by atoms with Gasteiger partial charge in [0.25, 0.3) is 0 Å². The van der Waals surface area contributed by atoms with Gasteiger partial charge >= 0.3 is 0 Å². The molecule has 2 aliphatic carbocycles. The van der Waals surface area contributed by atoms with E-state index >= 15 is 0 Å². The van der Waals surface area contributed by atoms with E-state index in [-0.39, 0.29) is 0 Å². The van der Waals surface area contributed by atoms with Crippen molar-refractivity contribution in [3.8, 4) is 0 Å². The lowest BCUT2D eigenvalue weighted by Gasteiger charge is -2.51. The van der Waals surface area contributed by atoms with Crippen molar-refractivity contribution in [2.45, 2.75) is 98.3 Å². The van der Waals surface area contributed by atoms with Crippen molar-refractivity contribution in [2.75, 3.05) is 0 Å². The van der Waals surface area contributed by atoms with Gasteiger partial charge in [-0.1, -0.05) is 66.2 Å². The minimum absolute atomic E-state index is 0.680. The molecule has 0 aromatic rings. The average molecular weight is 264 g/mol. The van der Waals surface area contributed by atoms with E-state index in [4.69, 9.17) is 0 Å². The van der Waals surface area contributed by atoms with Crippen molar-refractivity contribution >= 4 is 0 Å². The molecule has 2 fully saturated rings. The van der Waals surface area contributed by atoms with Gasteiger partial charge in [0, 0.05) is 0 Å². The Balaban J connectivity index is 2.17. The Morgan fingerprint density at radius 1 is 0.579 bits per heavy atom. The quantitative estimate of drug-likeness (QED) is 0.537. The summed E-state index contributed by atoms with van der Waals surface area (Å²) in [7, 11) is 0. The first-order valence-electron chi connectivity index (χ1n) is 9.01. The molecule has 0 atom stereocenters. The molecule has 112 valence electrons. The third-order valence-electron chi connectivity index (χ3n) is 6.85. The van der Waals surface area contributed by atoms with Gasteiger partial charge in [-0.2, -0.15) is 0 Å². The second kappa shape index (κ2) is 6.19. The molecule has 2 saturated carbocycles. The summed E-state index contributed by atoms with van der Waals surface area (Å²) in [5.74, 6) is 1.76. The van der Waals surface area contributed by atoms with E-state index in [1.54, 1.807) is 0 Å². The van der Waals surface area contributed by atoms with Crippen LogP contribution in [0.5, 0.6) is 0 Å². The second-order valence-electron chi connectivity index (χ2n) is 8.33. The largest absolute Gasteiger partial charge is 0.0622 e. The van der Waals surface area contributed by atoms with E-state index in [1.165, 1.54) is 70.6 Å². The van der Waals surface area contributed by atoms with Crippen molar-refractivity contribution in [3.05, 3.63) is 0 Å². The van der Waals surface area contributed by atoms with Crippen molar-refractivity contribution in [1.29, 1.82) is 0 Å². The summed E-state index contributed by atoms with van der Waals surface area (Å²) in [5.41, 5.74) is 1.36. The highest BCUT2D eigenvalue weighted by atomic mass is 14.5. The molecule has 0 radical (unpaired) electrons. The molecule has 0 bridgehead atoms. The lowest BCUT2D eigenvalue weighted by Crippen LogP contribution is -2.41. The fourth-order valence-electron chi connectivity index (χ4n) is 5.13. The summed E-state index contributed by atoms with van der Waals surface area (Å²) in [4.78, 5) is 0. The van der Waals surface area contributed by atoms with Gasteiger partial charge in [-0.25, -0.2) is 0 Å². The average Bonchev–Trinajstić information content (AvgIpc) is 2.40. The first-order chi connectivity index (χ1) is 9.01. The van der Waals surface area contributed by atoms with Gasteiger partial charge in [0.05, 0.1) is 0 Å². The highest BCUT2D eigenvalue weighted by molar-refractivity contribution is 4.95. The first kappa shape index (κ1) is 15.4. The van der Waals surface area contributed by atoms with E-state index in [2.05, 4.69) is 27.7 Å². The molecule has 0 heterocycles. The van der Waals surface area contributed by atoms with Gasteiger partial charge in [0.15, 0.2) is 0 Å². The van der Waals surface area contributed by atoms with Crippen LogP contribution in [0, 0.1) is 22.7 Å². The Morgan fingerprint density at radius 3 is 1.16 bits per heavy atom. The van der Waals surface area contributed by atoms with Crippen molar-refractivity contribution in [3.63, 3.8) is 0 Å². The third kappa shape index (κ3) is 3.19. The lowest BCUT2D eigenvalue weighted by molar-refractivity contribution is -0.00691. The third-order valence-corrected chi connectivity index (χ3v) is 6.85. The molecule has 0 N–H and O–H groups in total. The zero-order chi connectivity index (χ0) is 13.9. The van der Waals surface area contributed by atoms with E-state index in [0.29, 0.717) is 10.8 Å². The zero-order valence-electron chi connectivity index (χ0n) is 13.9. The molecular weight excluding hydrogens is 228 g/mol. The van der Waals surface area contributed by atoms with Crippen molar-refractivity contribution < 1.29 is 0 Å². The summed E-state index contributed by atoms with van der Waals surface area (Å²) in [5, 5.41) is 0. The summed E-state index contributed by atoms with van der Waals surface area (Å²) in [6.07, 6.45) is 16.5. The van der Waals surface area contributed by atoms with E-state index in [1.807, 2.05) is 0 Å². The standard InChI is InChI=1S/C19H36/c1-16(2)18(11-7-5-8-12-18)15-19(17(3)4)13-9-6-10-14-19/h16-17H,5-15H2,1-4H3. The maximum absolute atomic E-state index is 2.50. The van der Waals surface area contributed by atoms with Crippen LogP contribution in [-0.2, 0) is 0 Å². The van der Waals surface area contributed by atoms with Crippen LogP contribution in [0.4, 0.5) is 0 Å². The molecule has 0 amide bonds. The molecule has 0 heteroatoms. The maximum atomic E-state index is 2.50. The van der Waals surface area contributed by atoms with Gasteiger partial charge in [-0.3, -0.25) is 0 Å². The lowest BCUT2D eigenvalue weighted by atomic mass is 9.54. The van der Waals surface area contributed by atoms with Crippen LogP contribution in [0.1, 0.15) is 98.3 Å². The molecule has 0 aromatic heterocycles. The molecule has 0 aromatic carbocycles. The van der Waals surface area contributed by atoms with Gasteiger partial charge in [-0.05, 0) is 54.8 Å². The van der Waals surface area contributed by atoms with E-state index < -0.39 is 0 Å². The Hall–Kier alpha value is 0. The molecule has 0 aliphatic heterocycles. The minimum atomic E-state index is 0.680. The van der Waals surface area contributed by atoms with Crippen LogP contribution in [-0.4, -0.2) is 0 Å². The summed E-state index contributed by atoms with van der Waals surface area (Å²) in [6.45, 7) is 10.0. The number of hydrogen-bond acceptors (Lipinski definition) is 0. The maximum Gasteiger partial charge on any atom is -0.0269 e. The molecule has 0 unspecified atom stereocenters. The van der Waals surface area contributed by atoms with Gasteiger partial charge in [0.2, 0.25) is 0 Å². The van der Waals surface area contributed by atoms with Crippen molar-refractivity contribution in [2.24, 2.45) is 22.7 Å². The Morgan fingerprint density at radius 2 is 0.895 bits per heavy atom. The number of rotatable bonds is 4. The molecule has 0 nitrogen and oxygen atoms in total. The molecule has 0 spiro atoms. The SMILES string of the molecule is CC(C)C1(CC2(C(C)C)CCCCC2)CCCCC1. The van der Waals surface area contributed by atoms with Crippen LogP contribution >= 0.6 is 0 Å². The van der Waals surface area contributed by atoms with Gasteiger partial charge < -0.3 is 0 Å². The fourth-order valence-corrected chi connectivity index (χ4v) is 5.13. The topological polar surface area (TPSA) is 0 Å². The van der Waals surface area contributed by atoms with E-state index in [9.17, 15) is 0 Å².